The summed E-state index contributed by atoms with van der Waals surface area (Å²) in [5.41, 5.74) is 0.872. The van der Waals surface area contributed by atoms with Crippen molar-refractivity contribution in [3.63, 3.8) is 0 Å². The summed E-state index contributed by atoms with van der Waals surface area (Å²) in [4.78, 5) is 23.8. The third-order valence-electron chi connectivity index (χ3n) is 3.32. The maximum Gasteiger partial charge on any atom is 0.338 e. The molecule has 0 fully saturated rings. The Kier molecular flexibility index (Phi) is 4.51. The van der Waals surface area contributed by atoms with E-state index in [1.807, 2.05) is 0 Å². The maximum absolute atomic E-state index is 12.0. The monoisotopic (exact) mass is 329 g/mol. The predicted octanol–water partition coefficient (Wildman–Crippen LogP) is 2.22. The lowest BCUT2D eigenvalue weighted by atomic mass is 10.2. The molecule has 0 aliphatic carbocycles. The summed E-state index contributed by atoms with van der Waals surface area (Å²) in [7, 11) is 1.56. The van der Waals surface area contributed by atoms with E-state index in [1.54, 1.807) is 43.5 Å². The summed E-state index contributed by atoms with van der Waals surface area (Å²) in [6.07, 6.45) is 0. The van der Waals surface area contributed by atoms with Gasteiger partial charge >= 0.3 is 5.97 Å². The summed E-state index contributed by atoms with van der Waals surface area (Å²) < 4.78 is 20.4. The van der Waals surface area contributed by atoms with Crippen LogP contribution in [0.5, 0.6) is 17.2 Å². The lowest BCUT2D eigenvalue weighted by molar-refractivity contribution is -0.119. The fourth-order valence-electron chi connectivity index (χ4n) is 2.11. The number of ether oxygens (including phenoxy) is 4. The van der Waals surface area contributed by atoms with Crippen molar-refractivity contribution in [3.8, 4) is 17.2 Å². The lowest BCUT2D eigenvalue weighted by Crippen LogP contribution is -2.20. The van der Waals surface area contributed by atoms with Gasteiger partial charge in [-0.2, -0.15) is 0 Å². The summed E-state index contributed by atoms with van der Waals surface area (Å²) >= 11 is 0. The molecule has 1 aliphatic rings. The number of rotatable bonds is 5. The number of methoxy groups -OCH3 is 1. The molecule has 0 saturated carbocycles. The van der Waals surface area contributed by atoms with E-state index in [0.29, 0.717) is 22.9 Å². The summed E-state index contributed by atoms with van der Waals surface area (Å²) in [6, 6.07) is 11.5. The van der Waals surface area contributed by atoms with Gasteiger partial charge in [0, 0.05) is 5.69 Å². The van der Waals surface area contributed by atoms with Crippen LogP contribution in [-0.2, 0) is 9.53 Å². The first-order valence-electron chi connectivity index (χ1n) is 7.16. The molecule has 7 heteroatoms. The molecule has 1 aliphatic heterocycles. The van der Waals surface area contributed by atoms with Gasteiger partial charge in [0.25, 0.3) is 5.91 Å². The lowest BCUT2D eigenvalue weighted by Gasteiger charge is -2.07. The Bertz CT molecular complexity index is 756. The number of hydrogen-bond acceptors (Lipinski definition) is 6. The van der Waals surface area contributed by atoms with Crippen molar-refractivity contribution in [1.29, 1.82) is 0 Å². The van der Waals surface area contributed by atoms with Gasteiger partial charge in [0.05, 0.1) is 12.7 Å². The molecule has 7 nitrogen and oxygen atoms in total. The highest BCUT2D eigenvalue weighted by Gasteiger charge is 2.17. The topological polar surface area (TPSA) is 83.1 Å². The highest BCUT2D eigenvalue weighted by atomic mass is 16.7. The second-order valence-corrected chi connectivity index (χ2v) is 4.92. The fourth-order valence-corrected chi connectivity index (χ4v) is 2.11. The van der Waals surface area contributed by atoms with Crippen LogP contribution in [0.15, 0.2) is 42.5 Å². The Morgan fingerprint density at radius 3 is 2.58 bits per heavy atom. The number of benzene rings is 2. The van der Waals surface area contributed by atoms with Crippen LogP contribution >= 0.6 is 0 Å². The van der Waals surface area contributed by atoms with E-state index >= 15 is 0 Å². The molecule has 2 aromatic rings. The number of esters is 1. The van der Waals surface area contributed by atoms with Crippen molar-refractivity contribution < 1.29 is 28.5 Å². The number of anilines is 1. The second-order valence-electron chi connectivity index (χ2n) is 4.92. The van der Waals surface area contributed by atoms with Crippen LogP contribution in [0.4, 0.5) is 5.69 Å². The first kappa shape index (κ1) is 15.7. The molecule has 3 rings (SSSR count). The molecule has 1 heterocycles. The first-order valence-corrected chi connectivity index (χ1v) is 7.16. The minimum absolute atomic E-state index is 0.123. The summed E-state index contributed by atoms with van der Waals surface area (Å²) in [5.74, 6) is 0.686. The highest BCUT2D eigenvalue weighted by Crippen LogP contribution is 2.32. The van der Waals surface area contributed by atoms with E-state index < -0.39 is 11.9 Å². The summed E-state index contributed by atoms with van der Waals surface area (Å²) in [5, 5.41) is 2.63. The molecule has 2 aromatic carbocycles. The van der Waals surface area contributed by atoms with Crippen LogP contribution in [-0.4, -0.2) is 32.4 Å². The van der Waals surface area contributed by atoms with E-state index in [4.69, 9.17) is 18.9 Å². The number of carbonyl (C=O) groups excluding carboxylic acids is 2. The predicted molar refractivity (Wildman–Crippen MR) is 84.5 cm³/mol. The van der Waals surface area contributed by atoms with Crippen LogP contribution in [0.25, 0.3) is 0 Å². The summed E-state index contributed by atoms with van der Waals surface area (Å²) in [6.45, 7) is -0.266. The molecule has 1 amide bonds. The van der Waals surface area contributed by atoms with Crippen LogP contribution in [0.1, 0.15) is 10.4 Å². The van der Waals surface area contributed by atoms with Gasteiger partial charge < -0.3 is 24.3 Å². The molecule has 0 atom stereocenters. The van der Waals surface area contributed by atoms with E-state index in [9.17, 15) is 9.59 Å². The zero-order valence-electron chi connectivity index (χ0n) is 12.9. The Hall–Kier alpha value is -3.22. The quantitative estimate of drug-likeness (QED) is 0.847. The zero-order chi connectivity index (χ0) is 16.9. The van der Waals surface area contributed by atoms with Gasteiger partial charge in [0.1, 0.15) is 5.75 Å². The van der Waals surface area contributed by atoms with Gasteiger partial charge in [-0.15, -0.1) is 0 Å². The zero-order valence-corrected chi connectivity index (χ0v) is 12.9. The Labute approximate surface area is 138 Å². The smallest absolute Gasteiger partial charge is 0.338 e. The normalized spacial score (nSPS) is 11.7. The molecule has 24 heavy (non-hydrogen) atoms. The van der Waals surface area contributed by atoms with Crippen LogP contribution < -0.4 is 19.5 Å². The average Bonchev–Trinajstić information content (AvgIpc) is 3.08. The molecule has 0 radical (unpaired) electrons. The molecule has 124 valence electrons. The van der Waals surface area contributed by atoms with Gasteiger partial charge in [0.15, 0.2) is 18.1 Å². The number of amides is 1. The molecule has 0 saturated heterocycles. The third kappa shape index (κ3) is 3.57. The molecular formula is C17H15NO6. The van der Waals surface area contributed by atoms with Crippen molar-refractivity contribution in [1.82, 2.24) is 0 Å². The van der Waals surface area contributed by atoms with Crippen LogP contribution in [0, 0.1) is 0 Å². The van der Waals surface area contributed by atoms with Crippen LogP contribution in [0.3, 0.4) is 0 Å². The van der Waals surface area contributed by atoms with Crippen molar-refractivity contribution >= 4 is 17.6 Å². The number of fused-ring (bicyclic) bond motifs is 1. The van der Waals surface area contributed by atoms with Crippen molar-refractivity contribution in [2.75, 3.05) is 25.8 Å². The van der Waals surface area contributed by atoms with Gasteiger partial charge in [-0.25, -0.2) is 4.79 Å². The maximum atomic E-state index is 12.0. The third-order valence-corrected chi connectivity index (χ3v) is 3.32. The second kappa shape index (κ2) is 6.91. The van der Waals surface area contributed by atoms with Gasteiger partial charge in [-0.05, 0) is 42.5 Å². The SMILES string of the molecule is COc1ccc(NC(=O)COC(=O)c2ccc3c(c2)OCO3)cc1. The standard InChI is InChI=1S/C17H15NO6/c1-21-13-5-3-12(4-6-13)18-16(19)9-22-17(20)11-2-7-14-15(8-11)24-10-23-14/h2-8H,9-10H2,1H3,(H,18,19). The largest absolute Gasteiger partial charge is 0.497 e. The van der Waals surface area contributed by atoms with Gasteiger partial charge in [0.2, 0.25) is 6.79 Å². The molecule has 0 unspecified atom stereocenters. The van der Waals surface area contributed by atoms with Crippen molar-refractivity contribution in [2.24, 2.45) is 0 Å². The Balaban J connectivity index is 1.52. The minimum Gasteiger partial charge on any atom is -0.497 e. The molecule has 0 bridgehead atoms. The number of nitrogens with one attached hydrogen (secondary N) is 1. The number of hydrogen-bond donors (Lipinski definition) is 1. The fraction of sp³-hybridized carbons (Fsp3) is 0.176. The van der Waals surface area contributed by atoms with E-state index in [0.717, 1.165) is 0 Å². The van der Waals surface area contributed by atoms with Crippen molar-refractivity contribution in [3.05, 3.63) is 48.0 Å². The van der Waals surface area contributed by atoms with E-state index in [2.05, 4.69) is 5.32 Å². The van der Waals surface area contributed by atoms with Crippen molar-refractivity contribution in [2.45, 2.75) is 0 Å². The Morgan fingerprint density at radius 1 is 1.08 bits per heavy atom. The molecule has 0 aromatic heterocycles. The first-order chi connectivity index (χ1) is 11.7. The van der Waals surface area contributed by atoms with E-state index in [1.165, 1.54) is 6.07 Å². The minimum atomic E-state index is -0.613. The Morgan fingerprint density at radius 2 is 1.83 bits per heavy atom. The van der Waals surface area contributed by atoms with Gasteiger partial charge in [-0.3, -0.25) is 4.79 Å². The van der Waals surface area contributed by atoms with Crippen LogP contribution in [0.2, 0.25) is 0 Å². The molecule has 0 spiro atoms. The van der Waals surface area contributed by atoms with Gasteiger partial charge in [-0.1, -0.05) is 0 Å². The number of carbonyl (C=O) groups is 2. The van der Waals surface area contributed by atoms with E-state index in [-0.39, 0.29) is 19.0 Å². The highest BCUT2D eigenvalue weighted by molar-refractivity contribution is 5.95. The average molecular weight is 329 g/mol. The molecular weight excluding hydrogens is 314 g/mol. The molecule has 1 N–H and O–H groups in total.